The van der Waals surface area contributed by atoms with Gasteiger partial charge in [-0.15, -0.1) is 24.0 Å². The van der Waals surface area contributed by atoms with Crippen LogP contribution in [0.3, 0.4) is 0 Å². The zero-order chi connectivity index (χ0) is 19.3. The smallest absolute Gasteiger partial charge is 0.407 e. The fraction of sp³-hybridized carbons (Fsp3) is 0.889. The van der Waals surface area contributed by atoms with Crippen LogP contribution in [-0.4, -0.2) is 68.9 Å². The summed E-state index contributed by atoms with van der Waals surface area (Å²) in [5, 5.41) is 9.30. The second-order valence-corrected chi connectivity index (χ2v) is 7.49. The number of aliphatic imine (C=N–C) groups is 1. The van der Waals surface area contributed by atoms with Crippen LogP contribution in [-0.2, 0) is 4.74 Å². The molecule has 3 N–H and O–H groups in total. The van der Waals surface area contributed by atoms with Gasteiger partial charge in [0.05, 0.1) is 0 Å². The largest absolute Gasteiger partial charge is 0.444 e. The number of nitrogens with zero attached hydrogens (tertiary/aromatic N) is 2. The number of ether oxygens (including phenoxy) is 1. The number of rotatable bonds is 10. The highest BCUT2D eigenvalue weighted by Gasteiger charge is 2.15. The van der Waals surface area contributed by atoms with E-state index in [-0.39, 0.29) is 30.1 Å². The molecule has 0 fully saturated rings. The van der Waals surface area contributed by atoms with Crippen molar-refractivity contribution in [3.63, 3.8) is 0 Å². The lowest BCUT2D eigenvalue weighted by Gasteiger charge is -2.20. The van der Waals surface area contributed by atoms with Gasteiger partial charge in [0.15, 0.2) is 5.96 Å². The maximum atomic E-state index is 11.5. The molecule has 26 heavy (non-hydrogen) atoms. The van der Waals surface area contributed by atoms with Gasteiger partial charge < -0.3 is 25.6 Å². The van der Waals surface area contributed by atoms with E-state index in [0.717, 1.165) is 38.4 Å². The monoisotopic (exact) mass is 485 g/mol. The maximum Gasteiger partial charge on any atom is 0.407 e. The number of carbonyl (C=O) groups excluding carboxylic acids is 1. The first-order chi connectivity index (χ1) is 11.7. The molecule has 0 heterocycles. The van der Waals surface area contributed by atoms with E-state index in [0.29, 0.717) is 12.6 Å². The van der Waals surface area contributed by atoms with Gasteiger partial charge in [-0.05, 0) is 67.5 Å². The van der Waals surface area contributed by atoms with E-state index in [4.69, 9.17) is 4.74 Å². The molecular formula is C18H40IN5O2. The molecule has 0 saturated heterocycles. The van der Waals surface area contributed by atoms with Crippen LogP contribution in [0.15, 0.2) is 4.99 Å². The van der Waals surface area contributed by atoms with Gasteiger partial charge in [-0.1, -0.05) is 0 Å². The summed E-state index contributed by atoms with van der Waals surface area (Å²) in [6.45, 7) is 13.3. The molecule has 0 aromatic rings. The molecule has 1 amide bonds. The molecule has 0 bridgehead atoms. The average molecular weight is 485 g/mol. The standard InChI is InChI=1S/C18H39N5O2.HI/c1-15(2)23(7)14-9-8-11-20-16(19-6)21-12-10-13-22-17(24)25-18(3,4)5;/h15H,8-14H2,1-7H3,(H,22,24)(H2,19,20,21);1H. The molecule has 0 rings (SSSR count). The highest BCUT2D eigenvalue weighted by molar-refractivity contribution is 14.0. The van der Waals surface area contributed by atoms with Gasteiger partial charge in [0.1, 0.15) is 5.60 Å². The number of halogens is 1. The summed E-state index contributed by atoms with van der Waals surface area (Å²) in [6, 6.07) is 0.594. The van der Waals surface area contributed by atoms with Crippen molar-refractivity contribution in [2.24, 2.45) is 4.99 Å². The number of nitrogens with one attached hydrogen (secondary N) is 3. The Labute approximate surface area is 177 Å². The van der Waals surface area contributed by atoms with Gasteiger partial charge in [-0.3, -0.25) is 4.99 Å². The SMILES string of the molecule is CN=C(NCCCCN(C)C(C)C)NCCCNC(=O)OC(C)(C)C.I. The van der Waals surface area contributed by atoms with E-state index >= 15 is 0 Å². The predicted molar refractivity (Wildman–Crippen MR) is 121 cm³/mol. The Morgan fingerprint density at radius 1 is 1.04 bits per heavy atom. The number of amides is 1. The summed E-state index contributed by atoms with van der Waals surface area (Å²) in [5.74, 6) is 0.800. The van der Waals surface area contributed by atoms with Crippen LogP contribution in [0.2, 0.25) is 0 Å². The van der Waals surface area contributed by atoms with Crippen LogP contribution >= 0.6 is 24.0 Å². The lowest BCUT2D eigenvalue weighted by atomic mass is 10.2. The van der Waals surface area contributed by atoms with Crippen LogP contribution in [0.5, 0.6) is 0 Å². The Bertz CT molecular complexity index is 398. The first kappa shape index (κ1) is 27.4. The maximum absolute atomic E-state index is 11.5. The minimum atomic E-state index is -0.460. The molecule has 0 aliphatic rings. The minimum Gasteiger partial charge on any atom is -0.444 e. The summed E-state index contributed by atoms with van der Waals surface area (Å²) in [7, 11) is 3.92. The molecule has 156 valence electrons. The zero-order valence-electron chi connectivity index (χ0n) is 17.6. The second-order valence-electron chi connectivity index (χ2n) is 7.49. The molecule has 8 heteroatoms. The molecule has 0 saturated carbocycles. The van der Waals surface area contributed by atoms with Crippen molar-refractivity contribution in [1.29, 1.82) is 0 Å². The van der Waals surface area contributed by atoms with Gasteiger partial charge in [-0.25, -0.2) is 4.79 Å². The number of guanidine groups is 1. The highest BCUT2D eigenvalue weighted by atomic mass is 127. The minimum absolute atomic E-state index is 0. The van der Waals surface area contributed by atoms with Crippen LogP contribution in [0, 0.1) is 0 Å². The molecule has 0 aliphatic heterocycles. The van der Waals surface area contributed by atoms with E-state index in [1.165, 1.54) is 6.42 Å². The Morgan fingerprint density at radius 3 is 2.08 bits per heavy atom. The van der Waals surface area contributed by atoms with Crippen molar-refractivity contribution in [3.8, 4) is 0 Å². The zero-order valence-corrected chi connectivity index (χ0v) is 20.0. The van der Waals surface area contributed by atoms with Crippen molar-refractivity contribution in [2.45, 2.75) is 65.5 Å². The molecule has 0 aromatic heterocycles. The quantitative estimate of drug-likeness (QED) is 0.192. The summed E-state index contributed by atoms with van der Waals surface area (Å²) >= 11 is 0. The summed E-state index contributed by atoms with van der Waals surface area (Å²) < 4.78 is 5.18. The molecule has 7 nitrogen and oxygen atoms in total. The number of hydrogen-bond donors (Lipinski definition) is 3. The number of alkyl carbamates (subject to hydrolysis) is 1. The Balaban J connectivity index is 0. The Kier molecular flexibility index (Phi) is 16.2. The van der Waals surface area contributed by atoms with E-state index in [2.05, 4.69) is 46.7 Å². The van der Waals surface area contributed by atoms with Crippen molar-refractivity contribution >= 4 is 36.0 Å². The first-order valence-electron chi connectivity index (χ1n) is 9.27. The van der Waals surface area contributed by atoms with Crippen LogP contribution in [0.25, 0.3) is 0 Å². The highest BCUT2D eigenvalue weighted by Crippen LogP contribution is 2.06. The average Bonchev–Trinajstić information content (AvgIpc) is 2.50. The van der Waals surface area contributed by atoms with E-state index < -0.39 is 5.60 Å². The molecule has 0 radical (unpaired) electrons. The fourth-order valence-electron chi connectivity index (χ4n) is 1.97. The lowest BCUT2D eigenvalue weighted by molar-refractivity contribution is 0.0527. The molecule has 0 spiro atoms. The van der Waals surface area contributed by atoms with E-state index in [1.54, 1.807) is 7.05 Å². The molecule has 0 aliphatic carbocycles. The Hall–Kier alpha value is -0.770. The van der Waals surface area contributed by atoms with Crippen LogP contribution in [0.4, 0.5) is 4.79 Å². The fourth-order valence-corrected chi connectivity index (χ4v) is 1.97. The Morgan fingerprint density at radius 2 is 1.58 bits per heavy atom. The predicted octanol–water partition coefficient (Wildman–Crippen LogP) is 2.80. The second kappa shape index (κ2) is 15.3. The van der Waals surface area contributed by atoms with Gasteiger partial charge in [0.2, 0.25) is 0 Å². The van der Waals surface area contributed by atoms with Crippen molar-refractivity contribution in [3.05, 3.63) is 0 Å². The number of carbonyl (C=O) groups is 1. The third-order valence-corrected chi connectivity index (χ3v) is 3.65. The summed E-state index contributed by atoms with van der Waals surface area (Å²) in [5.41, 5.74) is -0.460. The molecule has 0 atom stereocenters. The van der Waals surface area contributed by atoms with Gasteiger partial charge >= 0.3 is 6.09 Å². The van der Waals surface area contributed by atoms with Crippen molar-refractivity contribution in [1.82, 2.24) is 20.9 Å². The van der Waals surface area contributed by atoms with Crippen molar-refractivity contribution in [2.75, 3.05) is 40.3 Å². The molecule has 0 unspecified atom stereocenters. The van der Waals surface area contributed by atoms with Gasteiger partial charge in [-0.2, -0.15) is 0 Å². The van der Waals surface area contributed by atoms with Crippen molar-refractivity contribution < 1.29 is 9.53 Å². The molecule has 0 aromatic carbocycles. The van der Waals surface area contributed by atoms with Gasteiger partial charge in [0, 0.05) is 32.7 Å². The van der Waals surface area contributed by atoms with Crippen LogP contribution in [0.1, 0.15) is 53.9 Å². The topological polar surface area (TPSA) is 78.0 Å². The normalized spacial score (nSPS) is 12.0. The van der Waals surface area contributed by atoms with E-state index in [9.17, 15) is 4.79 Å². The van der Waals surface area contributed by atoms with E-state index in [1.807, 2.05) is 20.8 Å². The number of unbranched alkanes of at least 4 members (excludes halogenated alkanes) is 1. The van der Waals surface area contributed by atoms with Gasteiger partial charge in [0.25, 0.3) is 0 Å². The number of hydrogen-bond acceptors (Lipinski definition) is 4. The lowest BCUT2D eigenvalue weighted by Crippen LogP contribution is -2.39. The third-order valence-electron chi connectivity index (χ3n) is 3.65. The summed E-state index contributed by atoms with van der Waals surface area (Å²) in [6.07, 6.45) is 2.71. The van der Waals surface area contributed by atoms with Crippen LogP contribution < -0.4 is 16.0 Å². The first-order valence-corrected chi connectivity index (χ1v) is 9.27. The summed E-state index contributed by atoms with van der Waals surface area (Å²) in [4.78, 5) is 18.1. The molecular weight excluding hydrogens is 445 g/mol. The third kappa shape index (κ3) is 16.7.